The summed E-state index contributed by atoms with van der Waals surface area (Å²) in [5, 5.41) is 2.82. The van der Waals surface area contributed by atoms with Crippen molar-refractivity contribution in [3.05, 3.63) is 95.1 Å². The maximum atomic E-state index is 13.1. The number of nitrogens with zero attached hydrogens (tertiary/aromatic N) is 2. The second-order valence-electron chi connectivity index (χ2n) is 9.35. The van der Waals surface area contributed by atoms with Gasteiger partial charge in [-0.15, -0.1) is 0 Å². The Morgan fingerprint density at radius 1 is 1.08 bits per heavy atom. The van der Waals surface area contributed by atoms with Gasteiger partial charge in [0.05, 0.1) is 17.9 Å². The Bertz CT molecular complexity index is 1400. The van der Waals surface area contributed by atoms with Gasteiger partial charge in [0.1, 0.15) is 5.75 Å². The van der Waals surface area contributed by atoms with E-state index in [9.17, 15) is 22.8 Å². The zero-order chi connectivity index (χ0) is 26.9. The van der Waals surface area contributed by atoms with E-state index in [2.05, 4.69) is 5.32 Å². The smallest absolute Gasteiger partial charge is 0.416 e. The van der Waals surface area contributed by atoms with Crippen LogP contribution in [0.2, 0.25) is 0 Å². The number of ether oxygens (including phenoxy) is 1. The lowest BCUT2D eigenvalue weighted by Gasteiger charge is -2.35. The fourth-order valence-electron chi connectivity index (χ4n) is 4.75. The Hall–Kier alpha value is -4.27. The monoisotopic (exact) mass is 521 g/mol. The summed E-state index contributed by atoms with van der Waals surface area (Å²) in [5.74, 6) is -0.298. The Morgan fingerprint density at radius 2 is 1.87 bits per heavy atom. The molecule has 0 aromatic heterocycles. The first kappa shape index (κ1) is 25.4. The molecule has 0 atom stereocenters. The van der Waals surface area contributed by atoms with Crippen molar-refractivity contribution in [3.63, 3.8) is 0 Å². The number of allylic oxidation sites excluding steroid dienone is 1. The van der Waals surface area contributed by atoms with Gasteiger partial charge in [-0.2, -0.15) is 13.2 Å². The van der Waals surface area contributed by atoms with E-state index in [0.29, 0.717) is 48.4 Å². The SMILES string of the molecule is CN1C(=O)N(Cc2ccccc2)Cc2ccc(NC(=O)C=C3CCCOc4cc(C(F)(F)F)ccc43)cc21. The van der Waals surface area contributed by atoms with Crippen molar-refractivity contribution in [2.75, 3.05) is 23.9 Å². The molecule has 0 fully saturated rings. The molecule has 0 radical (unpaired) electrons. The molecular weight excluding hydrogens is 495 g/mol. The molecule has 0 aliphatic carbocycles. The summed E-state index contributed by atoms with van der Waals surface area (Å²) in [5.41, 5.74) is 3.49. The first-order valence-electron chi connectivity index (χ1n) is 12.2. The Labute approximate surface area is 218 Å². The van der Waals surface area contributed by atoms with Crippen LogP contribution in [0.1, 0.15) is 35.1 Å². The zero-order valence-corrected chi connectivity index (χ0v) is 20.7. The van der Waals surface area contributed by atoms with Gasteiger partial charge in [0.2, 0.25) is 5.91 Å². The van der Waals surface area contributed by atoms with Gasteiger partial charge in [0, 0.05) is 37.5 Å². The molecule has 6 nitrogen and oxygen atoms in total. The van der Waals surface area contributed by atoms with Crippen LogP contribution in [0, 0.1) is 0 Å². The Kier molecular flexibility index (Phi) is 6.84. The lowest BCUT2D eigenvalue weighted by Crippen LogP contribution is -2.44. The third kappa shape index (κ3) is 5.37. The van der Waals surface area contributed by atoms with Gasteiger partial charge in [-0.25, -0.2) is 4.79 Å². The number of urea groups is 1. The highest BCUT2D eigenvalue weighted by Crippen LogP contribution is 2.38. The van der Waals surface area contributed by atoms with Crippen molar-refractivity contribution >= 4 is 28.9 Å². The van der Waals surface area contributed by atoms with Crippen molar-refractivity contribution in [1.82, 2.24) is 4.90 Å². The molecule has 38 heavy (non-hydrogen) atoms. The molecular formula is C29H26F3N3O3. The average molecular weight is 522 g/mol. The largest absolute Gasteiger partial charge is 0.493 e. The second kappa shape index (κ2) is 10.2. The lowest BCUT2D eigenvalue weighted by atomic mass is 9.99. The van der Waals surface area contributed by atoms with E-state index in [-0.39, 0.29) is 18.4 Å². The molecule has 0 bridgehead atoms. The van der Waals surface area contributed by atoms with Crippen molar-refractivity contribution < 1.29 is 27.5 Å². The van der Waals surface area contributed by atoms with Crippen LogP contribution >= 0.6 is 0 Å². The molecule has 1 N–H and O–H groups in total. The van der Waals surface area contributed by atoms with Gasteiger partial charge in [0.15, 0.2) is 0 Å². The molecule has 0 saturated carbocycles. The minimum atomic E-state index is -4.48. The molecule has 0 saturated heterocycles. The topological polar surface area (TPSA) is 61.9 Å². The van der Waals surface area contributed by atoms with Crippen molar-refractivity contribution in [2.45, 2.75) is 32.1 Å². The normalized spacial score (nSPS) is 16.4. The van der Waals surface area contributed by atoms with Crippen LogP contribution in [0.25, 0.3) is 5.57 Å². The molecule has 3 amide bonds. The summed E-state index contributed by atoms with van der Waals surface area (Å²) in [6.45, 7) is 1.20. The van der Waals surface area contributed by atoms with Crippen molar-refractivity contribution in [1.29, 1.82) is 0 Å². The van der Waals surface area contributed by atoms with Gasteiger partial charge in [0.25, 0.3) is 0 Å². The Balaban J connectivity index is 1.33. The Morgan fingerprint density at radius 3 is 2.63 bits per heavy atom. The molecule has 2 heterocycles. The molecule has 3 aromatic carbocycles. The molecule has 196 valence electrons. The summed E-state index contributed by atoms with van der Waals surface area (Å²) in [4.78, 5) is 29.2. The number of hydrogen-bond acceptors (Lipinski definition) is 3. The number of halogens is 3. The van der Waals surface area contributed by atoms with Crippen LogP contribution in [-0.4, -0.2) is 30.5 Å². The second-order valence-corrected chi connectivity index (χ2v) is 9.35. The van der Waals surface area contributed by atoms with Crippen molar-refractivity contribution in [2.24, 2.45) is 0 Å². The fraction of sp³-hybridized carbons (Fsp3) is 0.241. The van der Waals surface area contributed by atoms with E-state index in [1.54, 1.807) is 29.0 Å². The predicted octanol–water partition coefficient (Wildman–Crippen LogP) is 6.47. The van der Waals surface area contributed by atoms with Gasteiger partial charge in [-0.1, -0.05) is 42.5 Å². The number of benzene rings is 3. The molecule has 2 aliphatic heterocycles. The number of carbonyl (C=O) groups is 2. The van der Waals surface area contributed by atoms with Crippen LogP contribution in [-0.2, 0) is 24.1 Å². The number of rotatable bonds is 4. The fourth-order valence-corrected chi connectivity index (χ4v) is 4.75. The maximum absolute atomic E-state index is 13.1. The van der Waals surface area contributed by atoms with E-state index >= 15 is 0 Å². The van der Waals surface area contributed by atoms with Crippen LogP contribution in [0.5, 0.6) is 5.75 Å². The third-order valence-corrected chi connectivity index (χ3v) is 6.66. The molecule has 2 aliphatic rings. The van der Waals surface area contributed by atoms with Crippen LogP contribution in [0.15, 0.2) is 72.8 Å². The van der Waals surface area contributed by atoms with Crippen LogP contribution in [0.4, 0.5) is 29.3 Å². The number of amides is 3. The summed E-state index contributed by atoms with van der Waals surface area (Å²) in [6, 6.07) is 18.4. The first-order chi connectivity index (χ1) is 18.2. The molecule has 0 spiro atoms. The summed E-state index contributed by atoms with van der Waals surface area (Å²) >= 11 is 0. The van der Waals surface area contributed by atoms with Gasteiger partial charge < -0.3 is 15.0 Å². The number of hydrogen-bond donors (Lipinski definition) is 1. The highest BCUT2D eigenvalue weighted by atomic mass is 19.4. The third-order valence-electron chi connectivity index (χ3n) is 6.66. The van der Waals surface area contributed by atoms with E-state index in [4.69, 9.17) is 4.74 Å². The highest BCUT2D eigenvalue weighted by Gasteiger charge is 2.32. The number of fused-ring (bicyclic) bond motifs is 2. The zero-order valence-electron chi connectivity index (χ0n) is 20.7. The van der Waals surface area contributed by atoms with Crippen LogP contribution < -0.4 is 15.0 Å². The minimum absolute atomic E-state index is 0.116. The highest BCUT2D eigenvalue weighted by molar-refractivity contribution is 6.05. The molecule has 9 heteroatoms. The molecule has 3 aromatic rings. The summed E-state index contributed by atoms with van der Waals surface area (Å²) in [6.07, 6.45) is -2.02. The van der Waals surface area contributed by atoms with E-state index in [1.807, 2.05) is 36.4 Å². The quantitative estimate of drug-likeness (QED) is 0.400. The lowest BCUT2D eigenvalue weighted by molar-refractivity contribution is -0.137. The number of alkyl halides is 3. The molecule has 5 rings (SSSR count). The summed E-state index contributed by atoms with van der Waals surface area (Å²) < 4.78 is 44.9. The number of anilines is 2. The van der Waals surface area contributed by atoms with Crippen molar-refractivity contribution in [3.8, 4) is 5.75 Å². The summed E-state index contributed by atoms with van der Waals surface area (Å²) in [7, 11) is 1.70. The predicted molar refractivity (Wildman–Crippen MR) is 139 cm³/mol. The average Bonchev–Trinajstić information content (AvgIpc) is 3.09. The van der Waals surface area contributed by atoms with Crippen LogP contribution in [0.3, 0.4) is 0 Å². The maximum Gasteiger partial charge on any atom is 0.416 e. The number of carbonyl (C=O) groups excluding carboxylic acids is 2. The minimum Gasteiger partial charge on any atom is -0.493 e. The van der Waals surface area contributed by atoms with Gasteiger partial charge in [-0.3, -0.25) is 9.69 Å². The van der Waals surface area contributed by atoms with Gasteiger partial charge >= 0.3 is 12.2 Å². The number of nitrogens with one attached hydrogen (secondary N) is 1. The van der Waals surface area contributed by atoms with E-state index < -0.39 is 17.6 Å². The van der Waals surface area contributed by atoms with E-state index in [0.717, 1.165) is 23.3 Å². The standard InChI is InChI=1S/C29H26F3N3O3/c1-34-25-16-23(11-9-21(25)18-35(28(34)37)17-19-6-3-2-4-7-19)33-27(36)14-20-8-5-13-38-26-15-22(29(30,31)32)10-12-24(20)26/h2-4,6-7,9-12,14-16H,5,8,13,17-18H2,1H3,(H,33,36). The van der Waals surface area contributed by atoms with E-state index in [1.165, 1.54) is 12.1 Å². The molecule has 0 unspecified atom stereocenters. The van der Waals surface area contributed by atoms with Gasteiger partial charge in [-0.05, 0) is 53.8 Å². The first-order valence-corrected chi connectivity index (χ1v) is 12.2.